The van der Waals surface area contributed by atoms with Crippen LogP contribution in [-0.2, 0) is 4.74 Å². The fourth-order valence-electron chi connectivity index (χ4n) is 2.31. The zero-order chi connectivity index (χ0) is 15.1. The number of hydrogen-bond acceptors (Lipinski definition) is 6. The minimum atomic E-state index is -0.250. The topological polar surface area (TPSA) is 39.2 Å². The van der Waals surface area contributed by atoms with Crippen LogP contribution in [0.3, 0.4) is 0 Å². The van der Waals surface area contributed by atoms with Gasteiger partial charge in [-0.1, -0.05) is 6.07 Å². The Hall–Kier alpha value is -1.76. The van der Waals surface area contributed by atoms with E-state index in [9.17, 15) is 4.79 Å². The number of thiophene rings is 2. The van der Waals surface area contributed by atoms with Crippen LogP contribution in [0, 0.1) is 0 Å². The van der Waals surface area contributed by atoms with Gasteiger partial charge in [0.1, 0.15) is 9.88 Å². The van der Waals surface area contributed by atoms with Crippen molar-refractivity contribution in [1.29, 1.82) is 0 Å². The lowest BCUT2D eigenvalue weighted by Crippen LogP contribution is -2.01. The molecule has 22 heavy (non-hydrogen) atoms. The number of carbonyl (C=O) groups excluding carboxylic acids is 1. The zero-order valence-corrected chi connectivity index (χ0v) is 14.1. The summed E-state index contributed by atoms with van der Waals surface area (Å²) >= 11 is 4.84. The van der Waals surface area contributed by atoms with Crippen LogP contribution in [-0.4, -0.2) is 17.6 Å². The third-order valence-electron chi connectivity index (χ3n) is 3.26. The van der Waals surface area contributed by atoms with Crippen LogP contribution in [0.15, 0.2) is 35.7 Å². The molecule has 0 saturated heterocycles. The van der Waals surface area contributed by atoms with E-state index in [1.54, 1.807) is 22.7 Å². The van der Waals surface area contributed by atoms with Crippen molar-refractivity contribution in [2.75, 3.05) is 6.61 Å². The van der Waals surface area contributed by atoms with E-state index < -0.39 is 0 Å². The van der Waals surface area contributed by atoms with Crippen molar-refractivity contribution in [2.45, 2.75) is 6.92 Å². The third-order valence-corrected chi connectivity index (χ3v) is 6.48. The van der Waals surface area contributed by atoms with Crippen molar-refractivity contribution in [3.05, 3.63) is 40.6 Å². The molecule has 0 amide bonds. The summed E-state index contributed by atoms with van der Waals surface area (Å²) in [6.45, 7) is 2.21. The van der Waals surface area contributed by atoms with E-state index in [0.717, 1.165) is 25.3 Å². The molecule has 1 aromatic carbocycles. The Labute approximate surface area is 138 Å². The van der Waals surface area contributed by atoms with Gasteiger partial charge < -0.3 is 4.74 Å². The monoisotopic (exact) mass is 345 g/mol. The molecule has 6 heteroatoms. The van der Waals surface area contributed by atoms with E-state index in [0.29, 0.717) is 11.5 Å². The van der Waals surface area contributed by atoms with Crippen molar-refractivity contribution in [2.24, 2.45) is 0 Å². The second-order valence-electron chi connectivity index (χ2n) is 4.65. The largest absolute Gasteiger partial charge is 0.462 e. The smallest absolute Gasteiger partial charge is 0.348 e. The van der Waals surface area contributed by atoms with Crippen molar-refractivity contribution < 1.29 is 9.53 Å². The first-order chi connectivity index (χ1) is 10.8. The highest BCUT2D eigenvalue weighted by Crippen LogP contribution is 2.39. The van der Waals surface area contributed by atoms with E-state index in [2.05, 4.69) is 11.4 Å². The van der Waals surface area contributed by atoms with Gasteiger partial charge in [0.15, 0.2) is 0 Å². The third kappa shape index (κ3) is 2.24. The van der Waals surface area contributed by atoms with Crippen LogP contribution in [0.1, 0.15) is 16.6 Å². The van der Waals surface area contributed by atoms with Crippen molar-refractivity contribution >= 4 is 60.3 Å². The maximum absolute atomic E-state index is 11.9. The summed E-state index contributed by atoms with van der Waals surface area (Å²) in [6, 6.07) is 10.1. The summed E-state index contributed by atoms with van der Waals surface area (Å²) in [5.74, 6) is -0.250. The van der Waals surface area contributed by atoms with Crippen LogP contribution in [0.25, 0.3) is 30.2 Å². The number of aromatic nitrogens is 1. The van der Waals surface area contributed by atoms with Gasteiger partial charge >= 0.3 is 5.97 Å². The average molecular weight is 345 g/mol. The van der Waals surface area contributed by atoms with Crippen LogP contribution >= 0.6 is 34.0 Å². The quantitative estimate of drug-likeness (QED) is 0.466. The lowest BCUT2D eigenvalue weighted by atomic mass is 10.2. The van der Waals surface area contributed by atoms with Gasteiger partial charge in [0, 0.05) is 10.1 Å². The fraction of sp³-hybridized carbons (Fsp3) is 0.125. The number of benzene rings is 1. The van der Waals surface area contributed by atoms with Gasteiger partial charge in [-0.2, -0.15) is 0 Å². The molecule has 4 aromatic rings. The molecule has 0 aliphatic heterocycles. The molecule has 0 radical (unpaired) electrons. The molecule has 0 aliphatic rings. The lowest BCUT2D eigenvalue weighted by molar-refractivity contribution is 0.0532. The number of nitrogens with zero attached hydrogens (tertiary/aromatic N) is 1. The highest BCUT2D eigenvalue weighted by Gasteiger charge is 2.15. The predicted octanol–water partition coefficient (Wildman–Crippen LogP) is 5.42. The number of carbonyl (C=O) groups is 1. The van der Waals surface area contributed by atoms with E-state index in [-0.39, 0.29) is 5.97 Å². The normalized spacial score (nSPS) is 11.3. The maximum atomic E-state index is 11.9. The van der Waals surface area contributed by atoms with E-state index in [1.807, 2.05) is 31.2 Å². The SMILES string of the molecule is CCOC(=O)c1cc2c(ccc3nc(-c4cccs4)sc32)s1. The molecule has 0 atom stereocenters. The second-order valence-corrected chi connectivity index (χ2v) is 7.68. The van der Waals surface area contributed by atoms with Gasteiger partial charge in [-0.25, -0.2) is 9.78 Å². The molecule has 0 bridgehead atoms. The first-order valence-electron chi connectivity index (χ1n) is 6.80. The van der Waals surface area contributed by atoms with Crippen molar-refractivity contribution in [1.82, 2.24) is 4.98 Å². The molecular formula is C16H11NO2S3. The van der Waals surface area contributed by atoms with Gasteiger partial charge in [0.05, 0.1) is 21.7 Å². The molecule has 0 fully saturated rings. The molecule has 0 aliphatic carbocycles. The van der Waals surface area contributed by atoms with Gasteiger partial charge in [-0.15, -0.1) is 34.0 Å². The summed E-state index contributed by atoms with van der Waals surface area (Å²) in [5, 5.41) is 4.17. The van der Waals surface area contributed by atoms with Gasteiger partial charge in [0.25, 0.3) is 0 Å². The molecule has 0 spiro atoms. The minimum Gasteiger partial charge on any atom is -0.462 e. The molecule has 3 nitrogen and oxygen atoms in total. The summed E-state index contributed by atoms with van der Waals surface area (Å²) in [7, 11) is 0. The first-order valence-corrected chi connectivity index (χ1v) is 9.31. The van der Waals surface area contributed by atoms with Gasteiger partial charge in [0.2, 0.25) is 0 Å². The molecule has 3 aromatic heterocycles. The fourth-order valence-corrected chi connectivity index (χ4v) is 5.21. The molecular weight excluding hydrogens is 334 g/mol. The number of esters is 1. The Morgan fingerprint density at radius 2 is 2.18 bits per heavy atom. The highest BCUT2D eigenvalue weighted by atomic mass is 32.1. The molecule has 0 unspecified atom stereocenters. The Morgan fingerprint density at radius 3 is 2.95 bits per heavy atom. The maximum Gasteiger partial charge on any atom is 0.348 e. The number of fused-ring (bicyclic) bond motifs is 3. The number of ether oxygens (including phenoxy) is 1. The van der Waals surface area contributed by atoms with Crippen LogP contribution < -0.4 is 0 Å². The molecule has 4 rings (SSSR count). The summed E-state index contributed by atoms with van der Waals surface area (Å²) < 4.78 is 7.32. The van der Waals surface area contributed by atoms with E-state index in [1.165, 1.54) is 16.2 Å². The van der Waals surface area contributed by atoms with Crippen LogP contribution in [0.5, 0.6) is 0 Å². The second kappa shape index (κ2) is 5.46. The molecule has 110 valence electrons. The summed E-state index contributed by atoms with van der Waals surface area (Å²) in [6.07, 6.45) is 0. The Balaban J connectivity index is 1.89. The zero-order valence-electron chi connectivity index (χ0n) is 11.7. The Kier molecular flexibility index (Phi) is 3.44. The average Bonchev–Trinajstić information content (AvgIpc) is 3.24. The number of thiazole rings is 1. The standard InChI is InChI=1S/C16H11NO2S3/c1-2-19-16(18)13-8-9-11(21-13)6-5-10-14(9)22-15(17-10)12-4-3-7-20-12/h3-8H,2H2,1H3. The summed E-state index contributed by atoms with van der Waals surface area (Å²) in [5.41, 5.74) is 0.981. The predicted molar refractivity (Wildman–Crippen MR) is 94.3 cm³/mol. The van der Waals surface area contributed by atoms with E-state index in [4.69, 9.17) is 9.72 Å². The first kappa shape index (κ1) is 13.9. The van der Waals surface area contributed by atoms with Crippen LogP contribution in [0.4, 0.5) is 0 Å². The number of rotatable bonds is 3. The summed E-state index contributed by atoms with van der Waals surface area (Å²) in [4.78, 5) is 18.5. The Morgan fingerprint density at radius 1 is 1.27 bits per heavy atom. The van der Waals surface area contributed by atoms with Crippen molar-refractivity contribution in [3.8, 4) is 9.88 Å². The Bertz CT molecular complexity index is 966. The van der Waals surface area contributed by atoms with Crippen molar-refractivity contribution in [3.63, 3.8) is 0 Å². The molecule has 3 heterocycles. The lowest BCUT2D eigenvalue weighted by Gasteiger charge is -1.95. The highest BCUT2D eigenvalue weighted by molar-refractivity contribution is 7.27. The van der Waals surface area contributed by atoms with Gasteiger partial charge in [-0.3, -0.25) is 0 Å². The minimum absolute atomic E-state index is 0.250. The van der Waals surface area contributed by atoms with Crippen LogP contribution in [0.2, 0.25) is 0 Å². The van der Waals surface area contributed by atoms with E-state index >= 15 is 0 Å². The molecule has 0 N–H and O–H groups in total. The number of hydrogen-bond donors (Lipinski definition) is 0. The van der Waals surface area contributed by atoms with Gasteiger partial charge in [-0.05, 0) is 36.6 Å². The molecule has 0 saturated carbocycles.